The summed E-state index contributed by atoms with van der Waals surface area (Å²) in [6.07, 6.45) is 2.14. The normalized spacial score (nSPS) is 12.3. The number of rotatable bonds is 5. The van der Waals surface area contributed by atoms with Gasteiger partial charge in [-0.15, -0.1) is 0 Å². The minimum absolute atomic E-state index is 0.405. The molecule has 2 aromatic rings. The molecule has 0 aromatic heterocycles. The van der Waals surface area contributed by atoms with Crippen LogP contribution in [0.2, 0.25) is 5.02 Å². The lowest BCUT2D eigenvalue weighted by molar-refractivity contribution is 0.549. The second kappa shape index (κ2) is 6.58. The van der Waals surface area contributed by atoms with Crippen molar-refractivity contribution in [3.63, 3.8) is 0 Å². The summed E-state index contributed by atoms with van der Waals surface area (Å²) in [7, 11) is 2.01. The van der Waals surface area contributed by atoms with Crippen LogP contribution < -0.4 is 5.32 Å². The highest BCUT2D eigenvalue weighted by Crippen LogP contribution is 2.19. The van der Waals surface area contributed by atoms with E-state index < -0.39 is 0 Å². The van der Waals surface area contributed by atoms with Crippen molar-refractivity contribution in [3.05, 3.63) is 70.7 Å². The van der Waals surface area contributed by atoms with E-state index >= 15 is 0 Å². The van der Waals surface area contributed by atoms with Gasteiger partial charge in [-0.3, -0.25) is 0 Å². The molecule has 0 saturated heterocycles. The maximum atomic E-state index is 5.89. The quantitative estimate of drug-likeness (QED) is 0.847. The SMILES string of the molecule is CNC(CCc1ccc(Cl)cc1)c1ccccc1. The summed E-state index contributed by atoms with van der Waals surface area (Å²) in [6, 6.07) is 19.1. The molecule has 2 rings (SSSR count). The summed E-state index contributed by atoms with van der Waals surface area (Å²) in [5, 5.41) is 4.17. The Kier molecular flexibility index (Phi) is 4.80. The first-order chi connectivity index (χ1) is 8.79. The molecule has 0 saturated carbocycles. The van der Waals surface area contributed by atoms with Crippen molar-refractivity contribution in [1.29, 1.82) is 0 Å². The highest BCUT2D eigenvalue weighted by Gasteiger charge is 2.08. The molecule has 1 atom stereocenters. The van der Waals surface area contributed by atoms with Crippen molar-refractivity contribution in [2.24, 2.45) is 0 Å². The van der Waals surface area contributed by atoms with Gasteiger partial charge in [0.25, 0.3) is 0 Å². The van der Waals surface area contributed by atoms with E-state index in [1.54, 1.807) is 0 Å². The lowest BCUT2D eigenvalue weighted by atomic mass is 9.99. The number of hydrogen-bond acceptors (Lipinski definition) is 1. The maximum Gasteiger partial charge on any atom is 0.0406 e. The Morgan fingerprint density at radius 3 is 2.28 bits per heavy atom. The second-order valence-electron chi connectivity index (χ2n) is 4.42. The van der Waals surface area contributed by atoms with Crippen LogP contribution in [0.25, 0.3) is 0 Å². The van der Waals surface area contributed by atoms with Gasteiger partial charge in [0.1, 0.15) is 0 Å². The van der Waals surface area contributed by atoms with Crippen molar-refractivity contribution in [3.8, 4) is 0 Å². The van der Waals surface area contributed by atoms with Crippen molar-refractivity contribution < 1.29 is 0 Å². The summed E-state index contributed by atoms with van der Waals surface area (Å²) in [6.45, 7) is 0. The summed E-state index contributed by atoms with van der Waals surface area (Å²) in [5.41, 5.74) is 2.67. The molecule has 1 N–H and O–H groups in total. The molecule has 94 valence electrons. The zero-order valence-electron chi connectivity index (χ0n) is 10.6. The highest BCUT2D eigenvalue weighted by atomic mass is 35.5. The van der Waals surface area contributed by atoms with Crippen LogP contribution in [-0.2, 0) is 6.42 Å². The topological polar surface area (TPSA) is 12.0 Å². The van der Waals surface area contributed by atoms with E-state index in [9.17, 15) is 0 Å². The first-order valence-electron chi connectivity index (χ1n) is 6.26. The monoisotopic (exact) mass is 259 g/mol. The van der Waals surface area contributed by atoms with E-state index in [4.69, 9.17) is 11.6 Å². The molecule has 0 radical (unpaired) electrons. The van der Waals surface area contributed by atoms with Gasteiger partial charge in [-0.1, -0.05) is 54.1 Å². The van der Waals surface area contributed by atoms with E-state index in [2.05, 4.69) is 47.8 Å². The van der Waals surface area contributed by atoms with Gasteiger partial charge in [0.2, 0.25) is 0 Å². The smallest absolute Gasteiger partial charge is 0.0406 e. The first kappa shape index (κ1) is 13.1. The van der Waals surface area contributed by atoms with Gasteiger partial charge in [-0.2, -0.15) is 0 Å². The third kappa shape index (κ3) is 3.59. The predicted octanol–water partition coefficient (Wildman–Crippen LogP) is 4.23. The van der Waals surface area contributed by atoms with Gasteiger partial charge >= 0.3 is 0 Å². The lowest BCUT2D eigenvalue weighted by Gasteiger charge is -2.16. The summed E-state index contributed by atoms with van der Waals surface area (Å²) in [4.78, 5) is 0. The molecule has 0 aliphatic heterocycles. The van der Waals surface area contributed by atoms with E-state index in [1.807, 2.05) is 19.2 Å². The Morgan fingerprint density at radius 1 is 1.00 bits per heavy atom. The predicted molar refractivity (Wildman–Crippen MR) is 78.0 cm³/mol. The third-order valence-electron chi connectivity index (χ3n) is 3.19. The number of benzene rings is 2. The van der Waals surface area contributed by atoms with Crippen LogP contribution in [0.1, 0.15) is 23.6 Å². The molecule has 18 heavy (non-hydrogen) atoms. The molecular weight excluding hydrogens is 242 g/mol. The molecule has 0 aliphatic rings. The minimum atomic E-state index is 0.405. The molecule has 0 bridgehead atoms. The van der Waals surface area contributed by atoms with E-state index in [1.165, 1.54) is 11.1 Å². The molecule has 2 heteroatoms. The Morgan fingerprint density at radius 2 is 1.67 bits per heavy atom. The van der Waals surface area contributed by atoms with Crippen LogP contribution in [0, 0.1) is 0 Å². The summed E-state index contributed by atoms with van der Waals surface area (Å²) < 4.78 is 0. The molecule has 0 amide bonds. The van der Waals surface area contributed by atoms with Crippen LogP contribution in [0.4, 0.5) is 0 Å². The van der Waals surface area contributed by atoms with Crippen molar-refractivity contribution in [2.75, 3.05) is 7.05 Å². The van der Waals surface area contributed by atoms with Gasteiger partial charge in [-0.05, 0) is 43.1 Å². The van der Waals surface area contributed by atoms with Gasteiger partial charge < -0.3 is 5.32 Å². The fraction of sp³-hybridized carbons (Fsp3) is 0.250. The number of aryl methyl sites for hydroxylation is 1. The van der Waals surface area contributed by atoms with Crippen molar-refractivity contribution >= 4 is 11.6 Å². The Labute approximate surface area is 114 Å². The number of halogens is 1. The third-order valence-corrected chi connectivity index (χ3v) is 3.44. The standard InChI is InChI=1S/C16H18ClN/c1-18-16(14-5-3-2-4-6-14)12-9-13-7-10-15(17)11-8-13/h2-8,10-11,16,18H,9,12H2,1H3. The molecule has 1 nitrogen and oxygen atoms in total. The fourth-order valence-corrected chi connectivity index (χ4v) is 2.25. The fourth-order valence-electron chi connectivity index (χ4n) is 2.13. The van der Waals surface area contributed by atoms with E-state index in [0.717, 1.165) is 17.9 Å². The second-order valence-corrected chi connectivity index (χ2v) is 4.85. The maximum absolute atomic E-state index is 5.89. The summed E-state index contributed by atoms with van der Waals surface area (Å²) in [5.74, 6) is 0. The highest BCUT2D eigenvalue weighted by molar-refractivity contribution is 6.30. The van der Waals surface area contributed by atoms with Gasteiger partial charge in [0, 0.05) is 11.1 Å². The van der Waals surface area contributed by atoms with Gasteiger partial charge in [0.15, 0.2) is 0 Å². The van der Waals surface area contributed by atoms with Crippen LogP contribution in [0.15, 0.2) is 54.6 Å². The average molecular weight is 260 g/mol. The van der Waals surface area contributed by atoms with Crippen LogP contribution >= 0.6 is 11.6 Å². The van der Waals surface area contributed by atoms with Crippen molar-refractivity contribution in [2.45, 2.75) is 18.9 Å². The van der Waals surface area contributed by atoms with Crippen LogP contribution in [0.3, 0.4) is 0 Å². The van der Waals surface area contributed by atoms with Gasteiger partial charge in [-0.25, -0.2) is 0 Å². The molecule has 2 aromatic carbocycles. The minimum Gasteiger partial charge on any atom is -0.313 e. The Balaban J connectivity index is 1.97. The average Bonchev–Trinajstić information content (AvgIpc) is 2.43. The molecule has 0 aliphatic carbocycles. The summed E-state index contributed by atoms with van der Waals surface area (Å²) >= 11 is 5.89. The van der Waals surface area contributed by atoms with Gasteiger partial charge in [0.05, 0.1) is 0 Å². The first-order valence-corrected chi connectivity index (χ1v) is 6.64. The molecule has 0 fully saturated rings. The van der Waals surface area contributed by atoms with E-state index in [-0.39, 0.29) is 0 Å². The number of hydrogen-bond donors (Lipinski definition) is 1. The molecule has 0 heterocycles. The van der Waals surface area contributed by atoms with Crippen LogP contribution in [-0.4, -0.2) is 7.05 Å². The van der Waals surface area contributed by atoms with Crippen molar-refractivity contribution in [1.82, 2.24) is 5.32 Å². The van der Waals surface area contributed by atoms with Crippen LogP contribution in [0.5, 0.6) is 0 Å². The largest absolute Gasteiger partial charge is 0.313 e. The zero-order valence-corrected chi connectivity index (χ0v) is 11.3. The Bertz CT molecular complexity index is 464. The Hall–Kier alpha value is -1.31. The zero-order chi connectivity index (χ0) is 12.8. The van der Waals surface area contributed by atoms with E-state index in [0.29, 0.717) is 6.04 Å². The molecule has 0 spiro atoms. The number of nitrogens with one attached hydrogen (secondary N) is 1. The molecular formula is C16H18ClN. The molecule has 1 unspecified atom stereocenters. The lowest BCUT2D eigenvalue weighted by Crippen LogP contribution is -2.16.